The lowest BCUT2D eigenvalue weighted by atomic mass is 10.1. The Labute approximate surface area is 286 Å². The zero-order chi connectivity index (χ0) is 33.8. The van der Waals surface area contributed by atoms with E-state index in [0.717, 1.165) is 75.2 Å². The van der Waals surface area contributed by atoms with Gasteiger partial charge in [-0.15, -0.1) is 0 Å². The van der Waals surface area contributed by atoms with Crippen LogP contribution < -0.4 is 5.32 Å². The number of aryl methyl sites for hydroxylation is 2. The third-order valence-electron chi connectivity index (χ3n) is 6.81. The summed E-state index contributed by atoms with van der Waals surface area (Å²) in [7, 11) is 0. The van der Waals surface area contributed by atoms with Crippen LogP contribution in [-0.2, 0) is 16.0 Å². The molecule has 0 unspecified atom stereocenters. The molecule has 2 aromatic rings. The van der Waals surface area contributed by atoms with Gasteiger partial charge in [-0.25, -0.2) is 9.59 Å². The first-order valence-corrected chi connectivity index (χ1v) is 16.9. The van der Waals surface area contributed by atoms with Crippen molar-refractivity contribution in [3.8, 4) is 0 Å². The highest BCUT2D eigenvalue weighted by atomic mass is 79.9. The van der Waals surface area contributed by atoms with Crippen LogP contribution in [0.4, 0.5) is 9.59 Å². The molecule has 45 heavy (non-hydrogen) atoms. The number of aldehydes is 1. The minimum Gasteiger partial charge on any atom is -0.444 e. The summed E-state index contributed by atoms with van der Waals surface area (Å²) in [5.74, 6) is 0. The fourth-order valence-corrected chi connectivity index (χ4v) is 5.17. The van der Waals surface area contributed by atoms with Gasteiger partial charge in [-0.2, -0.15) is 0 Å². The van der Waals surface area contributed by atoms with Crippen molar-refractivity contribution in [1.29, 1.82) is 0 Å². The zero-order valence-electron chi connectivity index (χ0n) is 28.0. The van der Waals surface area contributed by atoms with Crippen LogP contribution in [0.3, 0.4) is 0 Å². The molecule has 2 aliphatic rings. The molecule has 1 N–H and O–H groups in total. The molecule has 2 aliphatic heterocycles. The monoisotopic (exact) mass is 752 g/mol. The molecule has 2 heterocycles. The number of hydrogen-bond donors (Lipinski definition) is 1. The lowest BCUT2D eigenvalue weighted by Gasteiger charge is -2.35. The number of nitrogens with one attached hydrogen (secondary N) is 1. The van der Waals surface area contributed by atoms with E-state index >= 15 is 0 Å². The Balaban J connectivity index is 0.000000259. The lowest BCUT2D eigenvalue weighted by Crippen LogP contribution is -2.49. The Kier molecular flexibility index (Phi) is 15.5. The molecule has 11 heteroatoms. The van der Waals surface area contributed by atoms with Gasteiger partial charge in [0.05, 0.1) is 0 Å². The van der Waals surface area contributed by atoms with Crippen LogP contribution in [0.5, 0.6) is 0 Å². The Morgan fingerprint density at radius 3 is 1.69 bits per heavy atom. The maximum atomic E-state index is 12.1. The molecule has 2 saturated heterocycles. The van der Waals surface area contributed by atoms with Crippen molar-refractivity contribution in [2.24, 2.45) is 0 Å². The molecular weight excluding hydrogens is 704 g/mol. The Hall–Kier alpha value is -2.47. The molecule has 0 atom stereocenters. The fourth-order valence-electron chi connectivity index (χ4n) is 4.42. The molecule has 4 rings (SSSR count). The minimum absolute atomic E-state index is 0.200. The quantitative estimate of drug-likeness (QED) is 0.332. The number of piperazine rings is 2. The van der Waals surface area contributed by atoms with Gasteiger partial charge < -0.3 is 24.6 Å². The average Bonchev–Trinajstić information content (AvgIpc) is 2.97. The van der Waals surface area contributed by atoms with Crippen molar-refractivity contribution in [3.63, 3.8) is 0 Å². The van der Waals surface area contributed by atoms with Crippen LogP contribution in [0.15, 0.2) is 45.3 Å². The molecule has 2 fully saturated rings. The summed E-state index contributed by atoms with van der Waals surface area (Å²) in [6.07, 6.45) is 0.440. The van der Waals surface area contributed by atoms with Crippen LogP contribution in [0.1, 0.15) is 68.6 Å². The highest BCUT2D eigenvalue weighted by molar-refractivity contribution is 9.11. The summed E-state index contributed by atoms with van der Waals surface area (Å²) in [5, 5.41) is 3.18. The molecule has 2 aromatic carbocycles. The predicted molar refractivity (Wildman–Crippen MR) is 187 cm³/mol. The third kappa shape index (κ3) is 14.2. The first-order chi connectivity index (χ1) is 21.0. The van der Waals surface area contributed by atoms with Crippen molar-refractivity contribution in [3.05, 3.63) is 67.6 Å². The standard InChI is InChI=1S/C17H25BrN2O2.C9H18N2O2.C8H7BrO/c1-13-6-5-7-14(15(13)18)12-19-8-10-20(11-9-19)16(21)22-17(2,3)4;1-9(2,3)13-8(12)11-6-4-10-5-7-11;1-6-3-2-4-7(5-10)8(6)9/h5-7H,8-12H2,1-4H3;10H,4-7H2,1-3H3;2-5H,1H3. The number of carbonyl (C=O) groups excluding carboxylic acids is 3. The van der Waals surface area contributed by atoms with Gasteiger partial charge in [0, 0.05) is 73.4 Å². The van der Waals surface area contributed by atoms with E-state index in [0.29, 0.717) is 5.56 Å². The number of ether oxygens (including phenoxy) is 2. The number of rotatable bonds is 3. The molecule has 0 aromatic heterocycles. The van der Waals surface area contributed by atoms with Gasteiger partial charge in [0.15, 0.2) is 6.29 Å². The first kappa shape index (κ1) is 38.7. The summed E-state index contributed by atoms with van der Waals surface area (Å²) in [5.41, 5.74) is 3.53. The number of amides is 2. The third-order valence-corrected chi connectivity index (χ3v) is 9.02. The van der Waals surface area contributed by atoms with Crippen LogP contribution in [-0.4, -0.2) is 96.7 Å². The Morgan fingerprint density at radius 1 is 0.756 bits per heavy atom. The van der Waals surface area contributed by atoms with Gasteiger partial charge in [-0.05, 0) is 88.0 Å². The molecule has 0 aliphatic carbocycles. The molecular formula is C34H50Br2N4O5. The molecule has 0 radical (unpaired) electrons. The number of nitrogens with zero attached hydrogens (tertiary/aromatic N) is 3. The summed E-state index contributed by atoms with van der Waals surface area (Å²) >= 11 is 6.97. The van der Waals surface area contributed by atoms with E-state index in [9.17, 15) is 14.4 Å². The van der Waals surface area contributed by atoms with Gasteiger partial charge >= 0.3 is 12.2 Å². The van der Waals surface area contributed by atoms with Crippen molar-refractivity contribution in [2.75, 3.05) is 52.4 Å². The van der Waals surface area contributed by atoms with Crippen molar-refractivity contribution in [1.82, 2.24) is 20.0 Å². The Bertz CT molecular complexity index is 1260. The average molecular weight is 755 g/mol. The van der Waals surface area contributed by atoms with Crippen molar-refractivity contribution in [2.45, 2.75) is 73.1 Å². The van der Waals surface area contributed by atoms with E-state index in [-0.39, 0.29) is 17.8 Å². The van der Waals surface area contributed by atoms with E-state index < -0.39 is 5.60 Å². The molecule has 250 valence electrons. The number of halogens is 2. The van der Waals surface area contributed by atoms with Crippen LogP contribution in [0.2, 0.25) is 0 Å². The van der Waals surface area contributed by atoms with Crippen molar-refractivity contribution < 1.29 is 23.9 Å². The van der Waals surface area contributed by atoms with Crippen LogP contribution in [0.25, 0.3) is 0 Å². The largest absolute Gasteiger partial charge is 0.444 e. The second-order valence-electron chi connectivity index (χ2n) is 13.1. The topological polar surface area (TPSA) is 91.4 Å². The maximum absolute atomic E-state index is 12.1. The minimum atomic E-state index is -0.430. The predicted octanol–water partition coefficient (Wildman–Crippen LogP) is 7.21. The summed E-state index contributed by atoms with van der Waals surface area (Å²) < 4.78 is 12.7. The van der Waals surface area contributed by atoms with Gasteiger partial charge in [0.1, 0.15) is 11.2 Å². The van der Waals surface area contributed by atoms with E-state index in [1.54, 1.807) is 15.9 Å². The van der Waals surface area contributed by atoms with Crippen molar-refractivity contribution >= 4 is 50.3 Å². The fraction of sp³-hybridized carbons (Fsp3) is 0.559. The van der Waals surface area contributed by atoms with Crippen LogP contribution in [0, 0.1) is 13.8 Å². The summed E-state index contributed by atoms with van der Waals surface area (Å²) in [4.78, 5) is 39.8. The number of benzene rings is 2. The van der Waals surface area contributed by atoms with Gasteiger partial charge in [-0.1, -0.05) is 52.3 Å². The second kappa shape index (κ2) is 18.0. The smallest absolute Gasteiger partial charge is 0.410 e. The van der Waals surface area contributed by atoms with E-state index in [1.807, 2.05) is 60.6 Å². The highest BCUT2D eigenvalue weighted by Gasteiger charge is 2.26. The Morgan fingerprint density at radius 2 is 1.22 bits per heavy atom. The molecule has 0 saturated carbocycles. The summed E-state index contributed by atoms with van der Waals surface area (Å²) in [6, 6.07) is 11.9. The first-order valence-electron chi connectivity index (χ1n) is 15.3. The SMILES string of the molecule is CC(C)(C)OC(=O)N1CCNCC1.Cc1cccc(C=O)c1Br.Cc1cccc(CN2CCN(C(=O)OC(C)(C)C)CC2)c1Br. The maximum Gasteiger partial charge on any atom is 0.410 e. The van der Waals surface area contributed by atoms with Crippen LogP contribution >= 0.6 is 31.9 Å². The van der Waals surface area contributed by atoms with Gasteiger partial charge in [0.2, 0.25) is 0 Å². The summed E-state index contributed by atoms with van der Waals surface area (Å²) in [6.45, 7) is 22.7. The van der Waals surface area contributed by atoms with E-state index in [1.165, 1.54) is 15.6 Å². The van der Waals surface area contributed by atoms with Gasteiger partial charge in [-0.3, -0.25) is 9.69 Å². The number of hydrogen-bond acceptors (Lipinski definition) is 7. The number of carbonyl (C=O) groups is 3. The molecule has 9 nitrogen and oxygen atoms in total. The van der Waals surface area contributed by atoms with E-state index in [4.69, 9.17) is 9.47 Å². The molecule has 0 bridgehead atoms. The molecule has 0 spiro atoms. The van der Waals surface area contributed by atoms with E-state index in [2.05, 4.69) is 67.2 Å². The van der Waals surface area contributed by atoms with Gasteiger partial charge in [0.25, 0.3) is 0 Å². The zero-order valence-corrected chi connectivity index (χ0v) is 31.2. The normalized spacial score (nSPS) is 15.6. The lowest BCUT2D eigenvalue weighted by molar-refractivity contribution is 0.0137. The second-order valence-corrected chi connectivity index (χ2v) is 14.7. The molecule has 2 amide bonds. The highest BCUT2D eigenvalue weighted by Crippen LogP contribution is 2.23.